The van der Waals surface area contributed by atoms with Gasteiger partial charge >= 0.3 is 0 Å². The number of carbonyl (C=O) groups is 2. The van der Waals surface area contributed by atoms with Crippen LogP contribution < -0.4 is 10.2 Å². The highest BCUT2D eigenvalue weighted by atomic mass is 19.1. The highest BCUT2D eigenvalue weighted by molar-refractivity contribution is 5.91. The van der Waals surface area contributed by atoms with E-state index in [2.05, 4.69) is 5.32 Å². The van der Waals surface area contributed by atoms with Crippen molar-refractivity contribution in [2.24, 2.45) is 5.92 Å². The normalized spacial score (nSPS) is 15.4. The Labute approximate surface area is 130 Å². The molecule has 2 rings (SSSR count). The summed E-state index contributed by atoms with van der Waals surface area (Å²) in [6, 6.07) is 5.79. The van der Waals surface area contributed by atoms with Crippen molar-refractivity contribution in [1.82, 2.24) is 5.32 Å². The number of nitrogens with zero attached hydrogens (tertiary/aromatic N) is 1. The van der Waals surface area contributed by atoms with E-state index in [9.17, 15) is 14.0 Å². The number of carbonyl (C=O) groups excluding carboxylic acids is 2. The van der Waals surface area contributed by atoms with Crippen LogP contribution in [0.3, 0.4) is 0 Å². The van der Waals surface area contributed by atoms with Gasteiger partial charge in [-0.1, -0.05) is 19.3 Å². The number of hydrogen-bond donors (Lipinski definition) is 1. The van der Waals surface area contributed by atoms with Gasteiger partial charge in [0.2, 0.25) is 11.8 Å². The molecule has 1 N–H and O–H groups in total. The van der Waals surface area contributed by atoms with E-state index in [-0.39, 0.29) is 23.5 Å². The molecule has 1 aromatic rings. The third-order valence-corrected chi connectivity index (χ3v) is 4.13. The van der Waals surface area contributed by atoms with Gasteiger partial charge in [0, 0.05) is 31.6 Å². The predicted octanol–water partition coefficient (Wildman–Crippen LogP) is 2.88. The molecule has 0 spiro atoms. The zero-order valence-corrected chi connectivity index (χ0v) is 13.0. The standard InChI is InChI=1S/C17H23FN2O2/c1-13(21)20(16-9-7-15(18)8-10-16)12-11-19-17(22)14-5-3-2-4-6-14/h7-10,14H,2-6,11-12H2,1H3,(H,19,22). The smallest absolute Gasteiger partial charge is 0.223 e. The Morgan fingerprint density at radius 1 is 1.18 bits per heavy atom. The number of nitrogens with one attached hydrogen (secondary N) is 1. The van der Waals surface area contributed by atoms with Gasteiger partial charge in [0.25, 0.3) is 0 Å². The number of halogens is 1. The molecular formula is C17H23FN2O2. The molecule has 0 unspecified atom stereocenters. The first-order valence-corrected chi connectivity index (χ1v) is 7.89. The lowest BCUT2D eigenvalue weighted by Crippen LogP contribution is -2.40. The van der Waals surface area contributed by atoms with Crippen molar-refractivity contribution in [2.75, 3.05) is 18.0 Å². The SMILES string of the molecule is CC(=O)N(CCNC(=O)C1CCCCC1)c1ccc(F)cc1. The minimum atomic E-state index is -0.335. The lowest BCUT2D eigenvalue weighted by atomic mass is 9.89. The molecule has 0 bridgehead atoms. The topological polar surface area (TPSA) is 49.4 Å². The molecule has 1 saturated carbocycles. The van der Waals surface area contributed by atoms with Gasteiger partial charge in [-0.25, -0.2) is 4.39 Å². The van der Waals surface area contributed by atoms with E-state index in [0.717, 1.165) is 25.7 Å². The average molecular weight is 306 g/mol. The molecule has 4 nitrogen and oxygen atoms in total. The fraction of sp³-hybridized carbons (Fsp3) is 0.529. The van der Waals surface area contributed by atoms with Crippen molar-refractivity contribution in [2.45, 2.75) is 39.0 Å². The van der Waals surface area contributed by atoms with Crippen molar-refractivity contribution in [3.8, 4) is 0 Å². The van der Waals surface area contributed by atoms with Crippen LogP contribution in [0.4, 0.5) is 10.1 Å². The van der Waals surface area contributed by atoms with Gasteiger partial charge < -0.3 is 10.2 Å². The van der Waals surface area contributed by atoms with Gasteiger partial charge in [-0.05, 0) is 37.1 Å². The number of anilines is 1. The summed E-state index contributed by atoms with van der Waals surface area (Å²) in [5.74, 6) is -0.260. The molecule has 5 heteroatoms. The van der Waals surface area contributed by atoms with Crippen molar-refractivity contribution in [1.29, 1.82) is 0 Å². The Balaban J connectivity index is 1.85. The van der Waals surface area contributed by atoms with Crippen LogP contribution in [0.1, 0.15) is 39.0 Å². The van der Waals surface area contributed by atoms with Gasteiger partial charge in [0.05, 0.1) is 0 Å². The lowest BCUT2D eigenvalue weighted by molar-refractivity contribution is -0.126. The highest BCUT2D eigenvalue weighted by Gasteiger charge is 2.21. The molecule has 1 aliphatic carbocycles. The fourth-order valence-electron chi connectivity index (χ4n) is 2.89. The molecule has 2 amide bonds. The first kappa shape index (κ1) is 16.5. The molecule has 0 saturated heterocycles. The van der Waals surface area contributed by atoms with Gasteiger partial charge in [-0.2, -0.15) is 0 Å². The van der Waals surface area contributed by atoms with Crippen LogP contribution in [0, 0.1) is 11.7 Å². The Morgan fingerprint density at radius 2 is 1.82 bits per heavy atom. The number of amides is 2. The molecule has 1 aromatic carbocycles. The van der Waals surface area contributed by atoms with Crippen LogP contribution >= 0.6 is 0 Å². The summed E-state index contributed by atoms with van der Waals surface area (Å²) in [7, 11) is 0. The maximum absolute atomic E-state index is 13.0. The summed E-state index contributed by atoms with van der Waals surface area (Å²) < 4.78 is 13.0. The molecule has 0 atom stereocenters. The summed E-state index contributed by atoms with van der Waals surface area (Å²) in [5, 5.41) is 2.91. The Bertz CT molecular complexity index is 510. The molecule has 22 heavy (non-hydrogen) atoms. The molecular weight excluding hydrogens is 283 g/mol. The van der Waals surface area contributed by atoms with E-state index in [0.29, 0.717) is 18.8 Å². The quantitative estimate of drug-likeness (QED) is 0.909. The van der Waals surface area contributed by atoms with Crippen LogP contribution in [-0.2, 0) is 9.59 Å². The second kappa shape index (κ2) is 7.92. The Morgan fingerprint density at radius 3 is 2.41 bits per heavy atom. The van der Waals surface area contributed by atoms with Crippen LogP contribution in [-0.4, -0.2) is 24.9 Å². The highest BCUT2D eigenvalue weighted by Crippen LogP contribution is 2.23. The maximum atomic E-state index is 13.0. The molecule has 0 aliphatic heterocycles. The first-order valence-electron chi connectivity index (χ1n) is 7.89. The third kappa shape index (κ3) is 4.55. The summed E-state index contributed by atoms with van der Waals surface area (Å²) in [6.45, 7) is 2.26. The second-order valence-corrected chi connectivity index (χ2v) is 5.77. The van der Waals surface area contributed by atoms with Crippen molar-refractivity contribution in [3.63, 3.8) is 0 Å². The monoisotopic (exact) mass is 306 g/mol. The van der Waals surface area contributed by atoms with Crippen LogP contribution in [0.2, 0.25) is 0 Å². The number of benzene rings is 1. The van der Waals surface area contributed by atoms with Gasteiger partial charge in [-0.3, -0.25) is 9.59 Å². The van der Waals surface area contributed by atoms with E-state index in [1.165, 1.54) is 25.5 Å². The van der Waals surface area contributed by atoms with Crippen LogP contribution in [0.15, 0.2) is 24.3 Å². The van der Waals surface area contributed by atoms with Gasteiger partial charge in [0.15, 0.2) is 0 Å². The van der Waals surface area contributed by atoms with Crippen LogP contribution in [0.5, 0.6) is 0 Å². The zero-order valence-electron chi connectivity index (χ0n) is 13.0. The summed E-state index contributed by atoms with van der Waals surface area (Å²) in [4.78, 5) is 25.3. The van der Waals surface area contributed by atoms with E-state index in [4.69, 9.17) is 0 Å². The first-order chi connectivity index (χ1) is 10.6. The van der Waals surface area contributed by atoms with Crippen LogP contribution in [0.25, 0.3) is 0 Å². The molecule has 120 valence electrons. The minimum absolute atomic E-state index is 0.0855. The molecule has 0 heterocycles. The minimum Gasteiger partial charge on any atom is -0.354 e. The molecule has 0 radical (unpaired) electrons. The number of rotatable bonds is 5. The van der Waals surface area contributed by atoms with E-state index < -0.39 is 0 Å². The van der Waals surface area contributed by atoms with Crippen molar-refractivity contribution < 1.29 is 14.0 Å². The zero-order chi connectivity index (χ0) is 15.9. The lowest BCUT2D eigenvalue weighted by Gasteiger charge is -2.24. The van der Waals surface area contributed by atoms with Gasteiger partial charge in [-0.15, -0.1) is 0 Å². The van der Waals surface area contributed by atoms with E-state index in [1.54, 1.807) is 17.0 Å². The fourth-order valence-corrected chi connectivity index (χ4v) is 2.89. The maximum Gasteiger partial charge on any atom is 0.223 e. The Kier molecular flexibility index (Phi) is 5.92. The van der Waals surface area contributed by atoms with E-state index >= 15 is 0 Å². The molecule has 1 fully saturated rings. The molecule has 0 aromatic heterocycles. The van der Waals surface area contributed by atoms with Crippen molar-refractivity contribution >= 4 is 17.5 Å². The molecule has 1 aliphatic rings. The third-order valence-electron chi connectivity index (χ3n) is 4.13. The summed E-state index contributed by atoms with van der Waals surface area (Å²) in [6.07, 6.45) is 5.37. The van der Waals surface area contributed by atoms with Crippen molar-refractivity contribution in [3.05, 3.63) is 30.1 Å². The Hall–Kier alpha value is -1.91. The summed E-state index contributed by atoms with van der Waals surface area (Å²) >= 11 is 0. The second-order valence-electron chi connectivity index (χ2n) is 5.77. The number of hydrogen-bond acceptors (Lipinski definition) is 2. The predicted molar refractivity (Wildman–Crippen MR) is 84.0 cm³/mol. The average Bonchev–Trinajstić information content (AvgIpc) is 2.53. The summed E-state index contributed by atoms with van der Waals surface area (Å²) in [5.41, 5.74) is 0.640. The largest absolute Gasteiger partial charge is 0.354 e. The van der Waals surface area contributed by atoms with Gasteiger partial charge in [0.1, 0.15) is 5.82 Å². The van der Waals surface area contributed by atoms with E-state index in [1.807, 2.05) is 0 Å².